The van der Waals surface area contributed by atoms with E-state index in [2.05, 4.69) is 14.9 Å². The number of benzene rings is 1. The second-order valence-electron chi connectivity index (χ2n) is 8.53. The summed E-state index contributed by atoms with van der Waals surface area (Å²) in [7, 11) is -2.05. The van der Waals surface area contributed by atoms with Gasteiger partial charge in [-0.25, -0.2) is 17.9 Å². The van der Waals surface area contributed by atoms with Crippen molar-refractivity contribution in [2.24, 2.45) is 17.8 Å². The molecule has 2 N–H and O–H groups in total. The van der Waals surface area contributed by atoms with Crippen LogP contribution in [-0.4, -0.2) is 39.0 Å². The number of hydrogen-bond donors (Lipinski definition) is 2. The van der Waals surface area contributed by atoms with Gasteiger partial charge in [0.15, 0.2) is 0 Å². The lowest BCUT2D eigenvalue weighted by Gasteiger charge is -2.39. The number of urea groups is 1. The van der Waals surface area contributed by atoms with E-state index in [1.54, 1.807) is 24.3 Å². The molecule has 1 aromatic rings. The molecule has 27 heavy (non-hydrogen) atoms. The summed E-state index contributed by atoms with van der Waals surface area (Å²) < 4.78 is 26.0. The standard InChI is InChI=1S/C20H29N3O3S/c1-13(17-3-5-19(6-4-17)27(25,26)21-2)22-20(24)23-12-16-8-14-7-15(9-16)11-18(23)10-14/h3-6,13-16,18,21H,7-12H2,1-2H3,(H,22,24). The lowest BCUT2D eigenvalue weighted by Crippen LogP contribution is -2.47. The van der Waals surface area contributed by atoms with E-state index < -0.39 is 10.0 Å². The van der Waals surface area contributed by atoms with Gasteiger partial charge in [-0.15, -0.1) is 0 Å². The molecule has 3 unspecified atom stereocenters. The molecular weight excluding hydrogens is 362 g/mol. The predicted molar refractivity (Wildman–Crippen MR) is 104 cm³/mol. The van der Waals surface area contributed by atoms with E-state index in [9.17, 15) is 13.2 Å². The van der Waals surface area contributed by atoms with Gasteiger partial charge in [-0.3, -0.25) is 0 Å². The first kappa shape index (κ1) is 18.7. The van der Waals surface area contributed by atoms with Gasteiger partial charge in [0.1, 0.15) is 0 Å². The smallest absolute Gasteiger partial charge is 0.318 e. The first-order chi connectivity index (χ1) is 12.9. The summed E-state index contributed by atoms with van der Waals surface area (Å²) in [5.74, 6) is 2.28. The van der Waals surface area contributed by atoms with Crippen molar-refractivity contribution in [3.8, 4) is 0 Å². The minimum Gasteiger partial charge on any atom is -0.331 e. The number of rotatable bonds is 4. The number of hydrogen-bond acceptors (Lipinski definition) is 3. The number of carbonyl (C=O) groups excluding carboxylic acids is 1. The summed E-state index contributed by atoms with van der Waals surface area (Å²) >= 11 is 0. The minimum atomic E-state index is -3.44. The predicted octanol–water partition coefficient (Wildman–Crippen LogP) is 2.88. The Bertz CT molecular complexity index is 794. The molecule has 2 aliphatic carbocycles. The number of nitrogens with one attached hydrogen (secondary N) is 2. The van der Waals surface area contributed by atoms with Crippen LogP contribution in [0.15, 0.2) is 29.2 Å². The average Bonchev–Trinajstić information content (AvgIpc) is 2.85. The normalized spacial score (nSPS) is 30.8. The van der Waals surface area contributed by atoms with Crippen molar-refractivity contribution in [3.05, 3.63) is 29.8 Å². The number of nitrogens with zero attached hydrogens (tertiary/aromatic N) is 1. The fourth-order valence-electron chi connectivity index (χ4n) is 5.44. The summed E-state index contributed by atoms with van der Waals surface area (Å²) in [6.45, 7) is 2.83. The highest BCUT2D eigenvalue weighted by atomic mass is 32.2. The Morgan fingerprint density at radius 3 is 2.22 bits per heavy atom. The van der Waals surface area contributed by atoms with Crippen LogP contribution >= 0.6 is 0 Å². The number of fused-ring (bicyclic) bond motifs is 1. The van der Waals surface area contributed by atoms with Crippen LogP contribution in [0, 0.1) is 17.8 Å². The second-order valence-corrected chi connectivity index (χ2v) is 10.4. The molecule has 7 heteroatoms. The highest BCUT2D eigenvalue weighted by Gasteiger charge is 2.44. The topological polar surface area (TPSA) is 78.5 Å². The highest BCUT2D eigenvalue weighted by molar-refractivity contribution is 7.89. The fraction of sp³-hybridized carbons (Fsp3) is 0.650. The molecule has 2 amide bonds. The van der Waals surface area contributed by atoms with E-state index in [1.807, 2.05) is 6.92 Å². The van der Waals surface area contributed by atoms with Crippen molar-refractivity contribution >= 4 is 16.1 Å². The van der Waals surface area contributed by atoms with Gasteiger partial charge in [-0.05, 0) is 81.5 Å². The van der Waals surface area contributed by atoms with Crippen LogP contribution in [0.25, 0.3) is 0 Å². The van der Waals surface area contributed by atoms with E-state index in [-0.39, 0.29) is 17.0 Å². The monoisotopic (exact) mass is 391 g/mol. The second kappa shape index (κ2) is 7.09. The van der Waals surface area contributed by atoms with Crippen LogP contribution < -0.4 is 10.0 Å². The third-order valence-electron chi connectivity index (χ3n) is 6.67. The molecular formula is C20H29N3O3S. The number of amides is 2. The highest BCUT2D eigenvalue weighted by Crippen LogP contribution is 2.47. The molecule has 4 fully saturated rings. The maximum absolute atomic E-state index is 13.0. The van der Waals surface area contributed by atoms with Gasteiger partial charge in [0.2, 0.25) is 10.0 Å². The maximum atomic E-state index is 13.0. The molecule has 3 atom stereocenters. The van der Waals surface area contributed by atoms with Crippen LogP contribution in [-0.2, 0) is 10.0 Å². The first-order valence-corrected chi connectivity index (χ1v) is 11.4. The molecule has 4 aliphatic rings. The Morgan fingerprint density at radius 2 is 1.63 bits per heavy atom. The van der Waals surface area contributed by atoms with Crippen molar-refractivity contribution < 1.29 is 13.2 Å². The van der Waals surface area contributed by atoms with Crippen LogP contribution in [0.4, 0.5) is 4.79 Å². The molecule has 0 radical (unpaired) electrons. The quantitative estimate of drug-likeness (QED) is 0.828. The van der Waals surface area contributed by atoms with E-state index in [1.165, 1.54) is 26.3 Å². The molecule has 148 valence electrons. The van der Waals surface area contributed by atoms with E-state index in [0.29, 0.717) is 12.0 Å². The third kappa shape index (κ3) is 3.72. The first-order valence-electron chi connectivity index (χ1n) is 9.96. The third-order valence-corrected chi connectivity index (χ3v) is 8.10. The zero-order valence-electron chi connectivity index (χ0n) is 16.0. The van der Waals surface area contributed by atoms with Crippen molar-refractivity contribution in [3.63, 3.8) is 0 Å². The Hall–Kier alpha value is -1.60. The molecule has 0 spiro atoms. The average molecular weight is 392 g/mol. The van der Waals surface area contributed by atoms with Crippen LogP contribution in [0.1, 0.15) is 50.6 Å². The fourth-order valence-corrected chi connectivity index (χ4v) is 6.17. The Labute approximate surface area is 161 Å². The van der Waals surface area contributed by atoms with Crippen molar-refractivity contribution in [2.45, 2.75) is 56.0 Å². The molecule has 0 aromatic heterocycles. The molecule has 2 saturated carbocycles. The van der Waals surface area contributed by atoms with Gasteiger partial charge < -0.3 is 10.2 Å². The molecule has 1 aromatic carbocycles. The van der Waals surface area contributed by atoms with E-state index in [0.717, 1.165) is 36.8 Å². The van der Waals surface area contributed by atoms with Crippen molar-refractivity contribution in [1.82, 2.24) is 14.9 Å². The van der Waals surface area contributed by atoms with Gasteiger partial charge >= 0.3 is 6.03 Å². The zero-order valence-corrected chi connectivity index (χ0v) is 16.8. The minimum absolute atomic E-state index is 0.0209. The van der Waals surface area contributed by atoms with Gasteiger partial charge in [0.25, 0.3) is 0 Å². The molecule has 4 bridgehead atoms. The Kier molecular flexibility index (Phi) is 4.93. The molecule has 2 aliphatic heterocycles. The van der Waals surface area contributed by atoms with Gasteiger partial charge in [-0.1, -0.05) is 12.1 Å². The van der Waals surface area contributed by atoms with Crippen LogP contribution in [0.3, 0.4) is 0 Å². The Balaban J connectivity index is 1.43. The number of carbonyl (C=O) groups is 1. The summed E-state index contributed by atoms with van der Waals surface area (Å²) in [6, 6.07) is 6.94. The zero-order chi connectivity index (χ0) is 19.2. The largest absolute Gasteiger partial charge is 0.331 e. The number of sulfonamides is 1. The summed E-state index contributed by atoms with van der Waals surface area (Å²) in [5, 5.41) is 3.13. The summed E-state index contributed by atoms with van der Waals surface area (Å²) in [4.78, 5) is 15.3. The van der Waals surface area contributed by atoms with E-state index in [4.69, 9.17) is 0 Å². The SMILES string of the molecule is CNS(=O)(=O)c1ccc(C(C)NC(=O)N2CC3CC4CC(C3)CC2C4)cc1. The van der Waals surface area contributed by atoms with Crippen LogP contribution in [0.2, 0.25) is 0 Å². The maximum Gasteiger partial charge on any atom is 0.318 e. The van der Waals surface area contributed by atoms with Gasteiger partial charge in [-0.2, -0.15) is 0 Å². The van der Waals surface area contributed by atoms with Crippen molar-refractivity contribution in [1.29, 1.82) is 0 Å². The van der Waals surface area contributed by atoms with Gasteiger partial charge in [0, 0.05) is 12.6 Å². The molecule has 5 rings (SSSR count). The van der Waals surface area contributed by atoms with Crippen LogP contribution in [0.5, 0.6) is 0 Å². The lowest BCUT2D eigenvalue weighted by molar-refractivity contribution is 0.130. The Morgan fingerprint density at radius 1 is 1.04 bits per heavy atom. The molecule has 6 nitrogen and oxygen atoms in total. The lowest BCUT2D eigenvalue weighted by atomic mass is 9.68. The summed E-state index contributed by atoms with van der Waals surface area (Å²) in [5.41, 5.74) is 0.902. The van der Waals surface area contributed by atoms with E-state index >= 15 is 0 Å². The van der Waals surface area contributed by atoms with Gasteiger partial charge in [0.05, 0.1) is 10.9 Å². The molecule has 2 heterocycles. The summed E-state index contributed by atoms with van der Waals surface area (Å²) in [6.07, 6.45) is 6.25. The van der Waals surface area contributed by atoms with Crippen molar-refractivity contribution in [2.75, 3.05) is 13.6 Å². The molecule has 2 saturated heterocycles.